The predicted octanol–water partition coefficient (Wildman–Crippen LogP) is 7.00. The van der Waals surface area contributed by atoms with Gasteiger partial charge in [0.05, 0.1) is 0 Å². The van der Waals surface area contributed by atoms with Crippen LogP contribution < -0.4 is 0 Å². The van der Waals surface area contributed by atoms with Crippen molar-refractivity contribution in [1.82, 2.24) is 0 Å². The quantitative estimate of drug-likeness (QED) is 0.462. The Morgan fingerprint density at radius 1 is 1.00 bits per heavy atom. The first-order valence-corrected chi connectivity index (χ1v) is 10.8. The van der Waals surface area contributed by atoms with E-state index < -0.39 is 0 Å². The zero-order valence-electron chi connectivity index (χ0n) is 15.3. The first-order chi connectivity index (χ1) is 13.0. The molecule has 142 valence electrons. The summed E-state index contributed by atoms with van der Waals surface area (Å²) in [4.78, 5) is 25.8. The number of benzene rings is 2. The average Bonchev–Trinajstić information content (AvgIpc) is 2.65. The van der Waals surface area contributed by atoms with Crippen LogP contribution in [0.2, 0.25) is 5.02 Å². The molecule has 2 atom stereocenters. The average molecular weight is 448 g/mol. The van der Waals surface area contributed by atoms with E-state index in [0.29, 0.717) is 29.2 Å². The van der Waals surface area contributed by atoms with Crippen LogP contribution in [0.3, 0.4) is 0 Å². The summed E-state index contributed by atoms with van der Waals surface area (Å²) < 4.78 is 0.948. The van der Waals surface area contributed by atoms with Crippen molar-refractivity contribution in [3.8, 4) is 0 Å². The molecule has 2 aromatic rings. The minimum absolute atomic E-state index is 0.0808. The molecule has 0 aliphatic heterocycles. The fraction of sp³-hybridized carbons (Fsp3) is 0.391. The van der Waals surface area contributed by atoms with Gasteiger partial charge in [-0.3, -0.25) is 9.59 Å². The Bertz CT molecular complexity index is 783. The second kappa shape index (κ2) is 9.66. The first-order valence-electron chi connectivity index (χ1n) is 9.61. The summed E-state index contributed by atoms with van der Waals surface area (Å²) in [6.45, 7) is 0. The standard InChI is InChI=1S/C23H24BrClO2/c24-18-11-7-17(8-12-18)23(27)15-21(16-9-13-19(25)14-10-16)20-5-3-1-2-4-6-22(20)26/h7-14,20-21H,1-6,15H2/t20-,21-/m0/s1. The molecule has 0 aromatic heterocycles. The molecule has 0 amide bonds. The van der Waals surface area contributed by atoms with Gasteiger partial charge < -0.3 is 0 Å². The van der Waals surface area contributed by atoms with Crippen LogP contribution in [0.4, 0.5) is 0 Å². The van der Waals surface area contributed by atoms with E-state index in [4.69, 9.17) is 11.6 Å². The lowest BCUT2D eigenvalue weighted by Gasteiger charge is -2.28. The number of carbonyl (C=O) groups is 2. The molecule has 3 rings (SSSR count). The number of hydrogen-bond donors (Lipinski definition) is 0. The third-order valence-corrected chi connectivity index (χ3v) is 6.24. The maximum absolute atomic E-state index is 13.0. The Labute approximate surface area is 174 Å². The van der Waals surface area contributed by atoms with Gasteiger partial charge in [0.15, 0.2) is 5.78 Å². The largest absolute Gasteiger partial charge is 0.299 e. The number of carbonyl (C=O) groups excluding carboxylic acids is 2. The minimum atomic E-state index is -0.0935. The SMILES string of the molecule is O=C(C[C@@H](c1ccc(Cl)cc1)[C@@H]1CCCCCCC1=O)c1ccc(Br)cc1. The van der Waals surface area contributed by atoms with Crippen molar-refractivity contribution in [3.63, 3.8) is 0 Å². The zero-order chi connectivity index (χ0) is 19.2. The van der Waals surface area contributed by atoms with Crippen molar-refractivity contribution in [1.29, 1.82) is 0 Å². The molecule has 0 unspecified atom stereocenters. The Kier molecular flexibility index (Phi) is 7.26. The molecule has 1 aliphatic carbocycles. The van der Waals surface area contributed by atoms with E-state index in [1.165, 1.54) is 0 Å². The van der Waals surface area contributed by atoms with Crippen LogP contribution in [0, 0.1) is 5.92 Å². The normalized spacial score (nSPS) is 19.2. The van der Waals surface area contributed by atoms with E-state index in [2.05, 4.69) is 15.9 Å². The Hall–Kier alpha value is -1.45. The second-order valence-corrected chi connectivity index (χ2v) is 8.67. The molecule has 0 N–H and O–H groups in total. The fourth-order valence-corrected chi connectivity index (χ4v) is 4.34. The monoisotopic (exact) mass is 446 g/mol. The van der Waals surface area contributed by atoms with E-state index in [1.807, 2.05) is 48.5 Å². The van der Waals surface area contributed by atoms with Crippen molar-refractivity contribution in [2.24, 2.45) is 5.92 Å². The first kappa shape index (κ1) is 20.3. The van der Waals surface area contributed by atoms with Gasteiger partial charge in [-0.1, -0.05) is 71.1 Å². The molecular weight excluding hydrogens is 424 g/mol. The third kappa shape index (κ3) is 5.52. The van der Waals surface area contributed by atoms with Gasteiger partial charge in [0.2, 0.25) is 0 Å². The van der Waals surface area contributed by atoms with Gasteiger partial charge in [0.25, 0.3) is 0 Å². The lowest BCUT2D eigenvalue weighted by molar-refractivity contribution is -0.124. The van der Waals surface area contributed by atoms with Crippen LogP contribution in [0.5, 0.6) is 0 Å². The summed E-state index contributed by atoms with van der Waals surface area (Å²) >= 11 is 9.46. The van der Waals surface area contributed by atoms with Crippen LogP contribution in [-0.2, 0) is 4.79 Å². The number of rotatable bonds is 5. The van der Waals surface area contributed by atoms with Crippen LogP contribution in [0.15, 0.2) is 53.0 Å². The van der Waals surface area contributed by atoms with E-state index >= 15 is 0 Å². The zero-order valence-corrected chi connectivity index (χ0v) is 17.6. The highest BCUT2D eigenvalue weighted by molar-refractivity contribution is 9.10. The molecule has 1 fully saturated rings. The predicted molar refractivity (Wildman–Crippen MR) is 113 cm³/mol. The van der Waals surface area contributed by atoms with E-state index in [1.54, 1.807) is 0 Å². The highest BCUT2D eigenvalue weighted by Gasteiger charge is 2.31. The molecule has 0 saturated heterocycles. The molecular formula is C23H24BrClO2. The Morgan fingerprint density at radius 2 is 1.67 bits per heavy atom. The topological polar surface area (TPSA) is 34.1 Å². The van der Waals surface area contributed by atoms with Crippen molar-refractivity contribution in [2.45, 2.75) is 50.9 Å². The fourth-order valence-electron chi connectivity index (χ4n) is 3.94. The van der Waals surface area contributed by atoms with E-state index in [-0.39, 0.29) is 17.6 Å². The van der Waals surface area contributed by atoms with Crippen LogP contribution in [0.1, 0.15) is 66.8 Å². The Balaban J connectivity index is 1.88. The van der Waals surface area contributed by atoms with Gasteiger partial charge in [-0.05, 0) is 42.7 Å². The lowest BCUT2D eigenvalue weighted by atomic mass is 9.75. The van der Waals surface area contributed by atoms with E-state index in [0.717, 1.165) is 42.1 Å². The van der Waals surface area contributed by atoms with Gasteiger partial charge in [-0.25, -0.2) is 0 Å². The van der Waals surface area contributed by atoms with Gasteiger partial charge in [0.1, 0.15) is 5.78 Å². The molecule has 27 heavy (non-hydrogen) atoms. The molecule has 1 saturated carbocycles. The molecule has 0 bridgehead atoms. The van der Waals surface area contributed by atoms with Crippen molar-refractivity contribution < 1.29 is 9.59 Å². The van der Waals surface area contributed by atoms with Crippen LogP contribution in [0.25, 0.3) is 0 Å². The maximum Gasteiger partial charge on any atom is 0.163 e. The van der Waals surface area contributed by atoms with Gasteiger partial charge in [-0.15, -0.1) is 0 Å². The highest BCUT2D eigenvalue weighted by atomic mass is 79.9. The molecule has 1 aliphatic rings. The second-order valence-electron chi connectivity index (χ2n) is 7.32. The summed E-state index contributed by atoms with van der Waals surface area (Å²) in [6, 6.07) is 15.1. The van der Waals surface area contributed by atoms with Gasteiger partial charge >= 0.3 is 0 Å². The summed E-state index contributed by atoms with van der Waals surface area (Å²) in [5.41, 5.74) is 1.72. The number of Topliss-reactive ketones (excluding diaryl/α,β-unsaturated/α-hetero) is 2. The number of halogens is 2. The Morgan fingerprint density at radius 3 is 2.37 bits per heavy atom. The molecule has 2 aromatic carbocycles. The maximum atomic E-state index is 13.0. The van der Waals surface area contributed by atoms with Gasteiger partial charge in [-0.2, -0.15) is 0 Å². The molecule has 2 nitrogen and oxygen atoms in total. The van der Waals surface area contributed by atoms with Crippen molar-refractivity contribution in [3.05, 3.63) is 69.2 Å². The third-order valence-electron chi connectivity index (χ3n) is 5.46. The number of ketones is 2. The molecule has 0 heterocycles. The van der Waals surface area contributed by atoms with Crippen LogP contribution >= 0.6 is 27.5 Å². The van der Waals surface area contributed by atoms with Crippen molar-refractivity contribution in [2.75, 3.05) is 0 Å². The summed E-state index contributed by atoms with van der Waals surface area (Å²) in [6.07, 6.45) is 6.14. The smallest absolute Gasteiger partial charge is 0.163 e. The molecule has 0 spiro atoms. The summed E-state index contributed by atoms with van der Waals surface area (Å²) in [7, 11) is 0. The highest BCUT2D eigenvalue weighted by Crippen LogP contribution is 2.36. The van der Waals surface area contributed by atoms with Gasteiger partial charge in [0, 0.05) is 39.7 Å². The summed E-state index contributed by atoms with van der Waals surface area (Å²) in [5, 5.41) is 0.667. The lowest BCUT2D eigenvalue weighted by Crippen LogP contribution is -2.26. The molecule has 0 radical (unpaired) electrons. The minimum Gasteiger partial charge on any atom is -0.299 e. The van der Waals surface area contributed by atoms with Crippen LogP contribution in [-0.4, -0.2) is 11.6 Å². The molecule has 4 heteroatoms. The summed E-state index contributed by atoms with van der Waals surface area (Å²) in [5.74, 6) is 0.199. The van der Waals surface area contributed by atoms with Crippen molar-refractivity contribution >= 4 is 39.1 Å². The van der Waals surface area contributed by atoms with E-state index in [9.17, 15) is 9.59 Å². The number of hydrogen-bond acceptors (Lipinski definition) is 2.